The van der Waals surface area contributed by atoms with Crippen molar-refractivity contribution in [2.75, 3.05) is 0 Å². The van der Waals surface area contributed by atoms with Gasteiger partial charge in [-0.2, -0.15) is 0 Å². The largest absolute Gasteiger partial charge is 0.0843 e. The summed E-state index contributed by atoms with van der Waals surface area (Å²) in [7, 11) is 0. The van der Waals surface area contributed by atoms with Crippen LogP contribution in [0.1, 0.15) is 113 Å². The Balaban J connectivity index is 1.14. The van der Waals surface area contributed by atoms with Crippen LogP contribution in [0, 0.1) is 17.8 Å². The number of benzene rings is 2. The zero-order valence-corrected chi connectivity index (χ0v) is 21.7. The Morgan fingerprint density at radius 1 is 0.606 bits per heavy atom. The standard InChI is InChI=1S/C32H45Cl/c1-2-3-4-25-5-7-26(8-6-25)9-10-27-13-19-30(20-14-27)31-21-15-28(16-22-31)11-12-29-17-23-32(33)24-18-29/h15-18,21-27,30H,2-14,19-20H2,1H3/t25-,26-,27-,30-. The number of aryl methyl sites for hydroxylation is 2. The Bertz CT molecular complexity index is 789. The van der Waals surface area contributed by atoms with Crippen LogP contribution in [0.15, 0.2) is 48.5 Å². The Kier molecular flexibility index (Phi) is 9.78. The Labute approximate surface area is 208 Å². The highest BCUT2D eigenvalue weighted by atomic mass is 35.5. The van der Waals surface area contributed by atoms with Gasteiger partial charge in [0, 0.05) is 5.02 Å². The third-order valence-electron chi connectivity index (χ3n) is 8.83. The maximum absolute atomic E-state index is 6.00. The van der Waals surface area contributed by atoms with Crippen molar-refractivity contribution in [1.82, 2.24) is 0 Å². The van der Waals surface area contributed by atoms with Crippen molar-refractivity contribution < 1.29 is 0 Å². The lowest BCUT2D eigenvalue weighted by molar-refractivity contribution is 0.222. The molecule has 4 rings (SSSR count). The van der Waals surface area contributed by atoms with Crippen molar-refractivity contribution >= 4 is 11.6 Å². The first kappa shape index (κ1) is 24.8. The average Bonchev–Trinajstić information content (AvgIpc) is 2.87. The highest BCUT2D eigenvalue weighted by Gasteiger charge is 2.25. The van der Waals surface area contributed by atoms with Gasteiger partial charge in [-0.15, -0.1) is 0 Å². The van der Waals surface area contributed by atoms with Crippen molar-refractivity contribution in [3.63, 3.8) is 0 Å². The third kappa shape index (κ3) is 7.88. The molecule has 0 aromatic heterocycles. The quantitative estimate of drug-likeness (QED) is 0.328. The molecule has 2 aliphatic rings. The molecule has 0 amide bonds. The third-order valence-corrected chi connectivity index (χ3v) is 9.08. The molecule has 2 aliphatic carbocycles. The molecule has 180 valence electrons. The molecule has 1 heteroatoms. The first-order chi connectivity index (χ1) is 16.2. The van der Waals surface area contributed by atoms with Crippen LogP contribution >= 0.6 is 11.6 Å². The number of rotatable bonds is 10. The lowest BCUT2D eigenvalue weighted by atomic mass is 9.74. The predicted molar refractivity (Wildman–Crippen MR) is 144 cm³/mol. The van der Waals surface area contributed by atoms with E-state index in [1.807, 2.05) is 12.1 Å². The topological polar surface area (TPSA) is 0 Å². The summed E-state index contributed by atoms with van der Waals surface area (Å²) in [5.41, 5.74) is 4.40. The number of hydrogen-bond donors (Lipinski definition) is 0. The van der Waals surface area contributed by atoms with Gasteiger partial charge in [-0.1, -0.05) is 113 Å². The van der Waals surface area contributed by atoms with Crippen molar-refractivity contribution in [2.45, 2.75) is 109 Å². The lowest BCUT2D eigenvalue weighted by Gasteiger charge is -2.32. The molecular weight excluding hydrogens is 420 g/mol. The van der Waals surface area contributed by atoms with E-state index >= 15 is 0 Å². The molecule has 2 saturated carbocycles. The monoisotopic (exact) mass is 464 g/mol. The number of halogens is 1. The van der Waals surface area contributed by atoms with E-state index in [4.69, 9.17) is 11.6 Å². The fourth-order valence-corrected chi connectivity index (χ4v) is 6.58. The van der Waals surface area contributed by atoms with Crippen molar-refractivity contribution in [3.05, 3.63) is 70.2 Å². The van der Waals surface area contributed by atoms with Gasteiger partial charge in [0.05, 0.1) is 0 Å². The van der Waals surface area contributed by atoms with Crippen LogP contribution in [0.2, 0.25) is 5.02 Å². The SMILES string of the molecule is CCCC[C@H]1CC[C@H](CC[C@H]2CC[C@H](c3ccc(CCc4ccc(Cl)cc4)cc3)CC2)CC1. The molecule has 0 radical (unpaired) electrons. The van der Waals surface area contributed by atoms with Crippen LogP contribution in [0.3, 0.4) is 0 Å². The summed E-state index contributed by atoms with van der Waals surface area (Å²) in [6.07, 6.45) is 21.3. The summed E-state index contributed by atoms with van der Waals surface area (Å²) in [6, 6.07) is 17.9. The summed E-state index contributed by atoms with van der Waals surface area (Å²) >= 11 is 6.00. The van der Waals surface area contributed by atoms with Gasteiger partial charge < -0.3 is 0 Å². The molecule has 0 bridgehead atoms. The van der Waals surface area contributed by atoms with E-state index in [0.717, 1.165) is 41.5 Å². The van der Waals surface area contributed by atoms with Crippen molar-refractivity contribution in [1.29, 1.82) is 0 Å². The van der Waals surface area contributed by atoms with Gasteiger partial charge in [-0.25, -0.2) is 0 Å². The number of hydrogen-bond acceptors (Lipinski definition) is 0. The Hall–Kier alpha value is -1.27. The molecule has 0 unspecified atom stereocenters. The molecule has 0 N–H and O–H groups in total. The highest BCUT2D eigenvalue weighted by Crippen LogP contribution is 2.40. The summed E-state index contributed by atoms with van der Waals surface area (Å²) in [6.45, 7) is 2.33. The molecule has 2 aromatic rings. The normalized spacial score (nSPS) is 25.8. The van der Waals surface area contributed by atoms with E-state index in [2.05, 4.69) is 43.3 Å². The molecular formula is C32H45Cl. The zero-order valence-electron chi connectivity index (χ0n) is 20.9. The minimum absolute atomic E-state index is 0.792. The van der Waals surface area contributed by atoms with Crippen LogP contribution in [0.25, 0.3) is 0 Å². The van der Waals surface area contributed by atoms with Crippen molar-refractivity contribution in [2.24, 2.45) is 17.8 Å². The first-order valence-electron chi connectivity index (χ1n) is 14.0. The van der Waals surface area contributed by atoms with Gasteiger partial charge in [-0.3, -0.25) is 0 Å². The maximum atomic E-state index is 6.00. The first-order valence-corrected chi connectivity index (χ1v) is 14.4. The molecule has 0 aliphatic heterocycles. The van der Waals surface area contributed by atoms with Crippen LogP contribution < -0.4 is 0 Å². The zero-order chi connectivity index (χ0) is 22.9. The molecule has 33 heavy (non-hydrogen) atoms. The summed E-state index contributed by atoms with van der Waals surface area (Å²) < 4.78 is 0. The minimum atomic E-state index is 0.792. The van der Waals surface area contributed by atoms with Crippen LogP contribution in [-0.2, 0) is 12.8 Å². The van der Waals surface area contributed by atoms with Gasteiger partial charge in [0.25, 0.3) is 0 Å². The molecule has 0 nitrogen and oxygen atoms in total. The van der Waals surface area contributed by atoms with E-state index in [-0.39, 0.29) is 0 Å². The lowest BCUT2D eigenvalue weighted by Crippen LogP contribution is -2.17. The van der Waals surface area contributed by atoms with Gasteiger partial charge >= 0.3 is 0 Å². The Morgan fingerprint density at radius 2 is 1.06 bits per heavy atom. The van der Waals surface area contributed by atoms with E-state index < -0.39 is 0 Å². The second kappa shape index (κ2) is 13.0. The van der Waals surface area contributed by atoms with Gasteiger partial charge in [0.2, 0.25) is 0 Å². The number of unbranched alkanes of at least 4 members (excludes halogenated alkanes) is 1. The summed E-state index contributed by atoms with van der Waals surface area (Å²) in [4.78, 5) is 0. The molecule has 0 spiro atoms. The molecule has 2 fully saturated rings. The van der Waals surface area contributed by atoms with Gasteiger partial charge in [0.15, 0.2) is 0 Å². The van der Waals surface area contributed by atoms with Gasteiger partial charge in [-0.05, 0) is 91.0 Å². The second-order valence-corrected chi connectivity index (χ2v) is 11.6. The van der Waals surface area contributed by atoms with E-state index in [0.29, 0.717) is 0 Å². The molecule has 0 saturated heterocycles. The highest BCUT2D eigenvalue weighted by molar-refractivity contribution is 6.30. The van der Waals surface area contributed by atoms with Crippen LogP contribution in [-0.4, -0.2) is 0 Å². The van der Waals surface area contributed by atoms with Crippen LogP contribution in [0.4, 0.5) is 0 Å². The van der Waals surface area contributed by atoms with E-state index in [9.17, 15) is 0 Å². The smallest absolute Gasteiger partial charge is 0.0406 e. The second-order valence-electron chi connectivity index (χ2n) is 11.2. The fraction of sp³-hybridized carbons (Fsp3) is 0.625. The maximum Gasteiger partial charge on any atom is 0.0406 e. The van der Waals surface area contributed by atoms with Crippen molar-refractivity contribution in [3.8, 4) is 0 Å². The van der Waals surface area contributed by atoms with Gasteiger partial charge in [0.1, 0.15) is 0 Å². The molecule has 0 heterocycles. The van der Waals surface area contributed by atoms with E-state index in [1.54, 1.807) is 5.56 Å². The average molecular weight is 465 g/mol. The Morgan fingerprint density at radius 3 is 1.58 bits per heavy atom. The fourth-order valence-electron chi connectivity index (χ4n) is 6.45. The summed E-state index contributed by atoms with van der Waals surface area (Å²) in [5.74, 6) is 3.89. The molecule has 0 atom stereocenters. The summed E-state index contributed by atoms with van der Waals surface area (Å²) in [5, 5.41) is 0.822. The molecule has 2 aromatic carbocycles. The minimum Gasteiger partial charge on any atom is -0.0843 e. The predicted octanol–water partition coefficient (Wildman–Crippen LogP) is 10.2. The van der Waals surface area contributed by atoms with Crippen LogP contribution in [0.5, 0.6) is 0 Å². The van der Waals surface area contributed by atoms with E-state index in [1.165, 1.54) is 94.6 Å².